The van der Waals surface area contributed by atoms with E-state index in [0.29, 0.717) is 0 Å². The maximum absolute atomic E-state index is 4.60. The summed E-state index contributed by atoms with van der Waals surface area (Å²) in [5.74, 6) is 2.25. The van der Waals surface area contributed by atoms with Crippen LogP contribution >= 0.6 is 0 Å². The highest BCUT2D eigenvalue weighted by molar-refractivity contribution is 4.73. The van der Waals surface area contributed by atoms with Gasteiger partial charge >= 0.3 is 0 Å². The second kappa shape index (κ2) is 31.2. The number of hydrogen-bond acceptors (Lipinski definition) is 0. The zero-order chi connectivity index (χ0) is 10.2. The highest BCUT2D eigenvalue weighted by Gasteiger charge is 1.68. The van der Waals surface area contributed by atoms with Crippen LogP contribution < -0.4 is 0 Å². The van der Waals surface area contributed by atoms with Crippen molar-refractivity contribution in [1.29, 1.82) is 0 Å². The second-order valence-electron chi connectivity index (χ2n) is 2.64. The van der Waals surface area contributed by atoms with Crippen LogP contribution in [0.15, 0.2) is 0 Å². The monoisotopic (exact) mass is 170 g/mol. The summed E-state index contributed by atoms with van der Waals surface area (Å²) in [5.41, 5.74) is 0. The molecule has 0 saturated heterocycles. The Kier molecular flexibility index (Phi) is 45.8. The Labute approximate surface area is 79.8 Å². The van der Waals surface area contributed by atoms with Gasteiger partial charge in [-0.2, -0.15) is 0 Å². The first-order chi connectivity index (χ1) is 5.74. The average Bonchev–Trinajstić information content (AvgIpc) is 2.08. The molecule has 0 aromatic heterocycles. The largest absolute Gasteiger partial charge is 0.120 e. The molecule has 0 nitrogen and oxygen atoms in total. The highest BCUT2D eigenvalue weighted by atomic mass is 13.7. The third-order valence-electron chi connectivity index (χ3n) is 1.21. The van der Waals surface area contributed by atoms with Gasteiger partial charge in [0.25, 0.3) is 0 Å². The van der Waals surface area contributed by atoms with E-state index < -0.39 is 0 Å². The fraction of sp³-hybridized carbons (Fsp3) is 0.833. The standard InChI is InChI=1S/C5H12.C4H10.C3H4/c1-3-5-4-2;1-3-4-2;1-3-2/h3-5H2,1-2H3;3-4H2,1-2H3;1H,2H3. The Bertz CT molecular complexity index is 62.6. The molecule has 12 heavy (non-hydrogen) atoms. The fourth-order valence-corrected chi connectivity index (χ4v) is 0.354. The number of hydrogen-bond donors (Lipinski definition) is 0. The van der Waals surface area contributed by atoms with Crippen LogP contribution in [0.5, 0.6) is 0 Å². The number of unbranched alkanes of at least 4 members (excludes halogenated alkanes) is 3. The molecule has 0 aromatic carbocycles. The Balaban J connectivity index is -0.000000105. The molecule has 0 spiro atoms. The van der Waals surface area contributed by atoms with E-state index in [2.05, 4.69) is 40.0 Å². The SMILES string of the molecule is C#CC.CCCC.CCCCC. The minimum Gasteiger partial charge on any atom is -0.120 e. The van der Waals surface area contributed by atoms with Crippen molar-refractivity contribution in [3.05, 3.63) is 0 Å². The van der Waals surface area contributed by atoms with Gasteiger partial charge in [0.05, 0.1) is 0 Å². The van der Waals surface area contributed by atoms with Crippen LogP contribution in [0.4, 0.5) is 0 Å². The van der Waals surface area contributed by atoms with E-state index in [4.69, 9.17) is 0 Å². The van der Waals surface area contributed by atoms with Crippen molar-refractivity contribution in [2.24, 2.45) is 0 Å². The minimum atomic E-state index is 1.32. The van der Waals surface area contributed by atoms with Crippen molar-refractivity contribution >= 4 is 0 Å². The van der Waals surface area contributed by atoms with Gasteiger partial charge in [-0.05, 0) is 6.92 Å². The summed E-state index contributed by atoms with van der Waals surface area (Å²) in [6.45, 7) is 10.4. The Hall–Kier alpha value is -0.440. The predicted octanol–water partition coefficient (Wildman–Crippen LogP) is 4.64. The molecule has 0 atom stereocenters. The molecule has 0 aliphatic carbocycles. The van der Waals surface area contributed by atoms with Crippen LogP contribution in [0, 0.1) is 12.3 Å². The molecule has 0 heteroatoms. The van der Waals surface area contributed by atoms with Gasteiger partial charge in [-0.3, -0.25) is 0 Å². The molecular formula is C12H26. The summed E-state index contributed by atoms with van der Waals surface area (Å²) < 4.78 is 0. The van der Waals surface area contributed by atoms with Gasteiger partial charge < -0.3 is 0 Å². The van der Waals surface area contributed by atoms with Crippen LogP contribution in [0.2, 0.25) is 0 Å². The van der Waals surface area contributed by atoms with Crippen LogP contribution in [0.3, 0.4) is 0 Å². The third kappa shape index (κ3) is 107. The Morgan fingerprint density at radius 2 is 1.08 bits per heavy atom. The molecule has 0 aliphatic heterocycles. The van der Waals surface area contributed by atoms with Crippen LogP contribution in [0.1, 0.15) is 66.7 Å². The smallest absolute Gasteiger partial charge is 0.00297 e. The maximum Gasteiger partial charge on any atom is -0.00297 e. The molecular weight excluding hydrogens is 144 g/mol. The highest BCUT2D eigenvalue weighted by Crippen LogP contribution is 1.88. The first kappa shape index (κ1) is 17.6. The average molecular weight is 170 g/mol. The molecule has 0 radical (unpaired) electrons. The van der Waals surface area contributed by atoms with Crippen molar-refractivity contribution in [2.75, 3.05) is 0 Å². The molecule has 0 fully saturated rings. The lowest BCUT2D eigenvalue weighted by Gasteiger charge is -1.79. The lowest BCUT2D eigenvalue weighted by Crippen LogP contribution is -1.59. The molecule has 0 aromatic rings. The summed E-state index contributed by atoms with van der Waals surface area (Å²) in [7, 11) is 0. The second-order valence-corrected chi connectivity index (χ2v) is 2.64. The van der Waals surface area contributed by atoms with E-state index >= 15 is 0 Å². The van der Waals surface area contributed by atoms with Crippen molar-refractivity contribution < 1.29 is 0 Å². The van der Waals surface area contributed by atoms with Crippen LogP contribution in [-0.4, -0.2) is 0 Å². The Morgan fingerprint density at radius 1 is 0.833 bits per heavy atom. The zero-order valence-corrected chi connectivity index (χ0v) is 9.61. The summed E-state index contributed by atoms with van der Waals surface area (Å²) >= 11 is 0. The lowest BCUT2D eigenvalue weighted by atomic mass is 10.3. The summed E-state index contributed by atoms with van der Waals surface area (Å²) in [6, 6.07) is 0. The third-order valence-corrected chi connectivity index (χ3v) is 1.21. The molecule has 0 amide bonds. The number of rotatable bonds is 3. The lowest BCUT2D eigenvalue weighted by molar-refractivity contribution is 0.772. The zero-order valence-electron chi connectivity index (χ0n) is 9.61. The van der Waals surface area contributed by atoms with Gasteiger partial charge in [0, 0.05) is 0 Å². The molecule has 0 unspecified atom stereocenters. The van der Waals surface area contributed by atoms with Gasteiger partial charge in [0.15, 0.2) is 0 Å². The van der Waals surface area contributed by atoms with Crippen molar-refractivity contribution in [2.45, 2.75) is 66.7 Å². The van der Waals surface area contributed by atoms with Crippen LogP contribution in [0.25, 0.3) is 0 Å². The molecule has 0 bridgehead atoms. The van der Waals surface area contributed by atoms with Gasteiger partial charge in [-0.25, -0.2) is 0 Å². The van der Waals surface area contributed by atoms with E-state index in [1.54, 1.807) is 6.92 Å². The van der Waals surface area contributed by atoms with Gasteiger partial charge in [0.1, 0.15) is 0 Å². The molecule has 0 N–H and O–H groups in total. The van der Waals surface area contributed by atoms with Gasteiger partial charge in [-0.15, -0.1) is 12.3 Å². The predicted molar refractivity (Wildman–Crippen MR) is 60.3 cm³/mol. The molecule has 0 saturated carbocycles. The molecule has 74 valence electrons. The number of terminal acetylenes is 1. The van der Waals surface area contributed by atoms with E-state index in [0.717, 1.165) is 0 Å². The summed E-state index contributed by atoms with van der Waals surface area (Å²) in [4.78, 5) is 0. The van der Waals surface area contributed by atoms with E-state index in [1.165, 1.54) is 32.1 Å². The van der Waals surface area contributed by atoms with Crippen molar-refractivity contribution in [1.82, 2.24) is 0 Å². The van der Waals surface area contributed by atoms with Crippen LogP contribution in [-0.2, 0) is 0 Å². The normalized spacial score (nSPS) is 6.67. The topological polar surface area (TPSA) is 0 Å². The van der Waals surface area contributed by atoms with E-state index in [-0.39, 0.29) is 0 Å². The van der Waals surface area contributed by atoms with Crippen molar-refractivity contribution in [3.63, 3.8) is 0 Å². The summed E-state index contributed by atoms with van der Waals surface area (Å²) in [5, 5.41) is 0. The first-order valence-electron chi connectivity index (χ1n) is 5.12. The van der Waals surface area contributed by atoms with Gasteiger partial charge in [-0.1, -0.05) is 59.8 Å². The fourth-order valence-electron chi connectivity index (χ4n) is 0.354. The first-order valence-corrected chi connectivity index (χ1v) is 5.12. The minimum absolute atomic E-state index is 1.32. The van der Waals surface area contributed by atoms with E-state index in [1.807, 2.05) is 0 Å². The molecule has 0 rings (SSSR count). The maximum atomic E-state index is 4.60. The molecule has 0 aliphatic rings. The molecule has 0 heterocycles. The Morgan fingerprint density at radius 3 is 1.08 bits per heavy atom. The summed E-state index contributed by atoms with van der Waals surface area (Å²) in [6.07, 6.45) is 11.3. The van der Waals surface area contributed by atoms with Crippen molar-refractivity contribution in [3.8, 4) is 12.3 Å². The van der Waals surface area contributed by atoms with E-state index in [9.17, 15) is 0 Å². The quantitative estimate of drug-likeness (QED) is 0.541. The van der Waals surface area contributed by atoms with Gasteiger partial charge in [0.2, 0.25) is 0 Å².